The minimum atomic E-state index is -3.77. The normalized spacial score (nSPS) is 11.5. The Morgan fingerprint density at radius 2 is 1.69 bits per heavy atom. The van der Waals surface area contributed by atoms with E-state index in [2.05, 4.69) is 15.0 Å². The predicted octanol–water partition coefficient (Wildman–Crippen LogP) is 5.41. The van der Waals surface area contributed by atoms with Crippen LogP contribution >= 0.6 is 11.3 Å². The van der Waals surface area contributed by atoms with Gasteiger partial charge in [0.05, 0.1) is 15.1 Å². The van der Waals surface area contributed by atoms with Crippen LogP contribution in [-0.4, -0.2) is 19.3 Å². The van der Waals surface area contributed by atoms with Crippen LogP contribution in [0.25, 0.3) is 10.2 Å². The highest BCUT2D eigenvalue weighted by molar-refractivity contribution is 7.93. The highest BCUT2D eigenvalue weighted by Crippen LogP contribution is 2.32. The molecule has 1 aromatic heterocycles. The SMILES string of the molecule is Cc1ccc(S(=O)(=O)Nc2nc3c(C)cc(NC(=O)c4ccc(C)c(F)c4)cc3s2)cc1. The molecule has 0 aliphatic heterocycles. The molecule has 0 aliphatic rings. The number of amides is 1. The molecule has 0 atom stereocenters. The maximum atomic E-state index is 13.8. The van der Waals surface area contributed by atoms with Crippen molar-refractivity contribution in [2.24, 2.45) is 0 Å². The number of nitrogens with zero attached hydrogens (tertiary/aromatic N) is 1. The molecule has 9 heteroatoms. The third-order valence-electron chi connectivity index (χ3n) is 4.93. The van der Waals surface area contributed by atoms with E-state index in [0.717, 1.165) is 22.5 Å². The molecule has 3 aromatic carbocycles. The van der Waals surface area contributed by atoms with Crippen molar-refractivity contribution >= 4 is 48.3 Å². The summed E-state index contributed by atoms with van der Waals surface area (Å²) in [5.74, 6) is -0.885. The van der Waals surface area contributed by atoms with E-state index in [1.54, 1.807) is 43.3 Å². The van der Waals surface area contributed by atoms with Gasteiger partial charge in [0.1, 0.15) is 5.82 Å². The molecule has 4 aromatic rings. The first kappa shape index (κ1) is 21.9. The zero-order valence-electron chi connectivity index (χ0n) is 17.6. The van der Waals surface area contributed by atoms with Crippen molar-refractivity contribution in [3.8, 4) is 0 Å². The van der Waals surface area contributed by atoms with Gasteiger partial charge in [0.25, 0.3) is 15.9 Å². The van der Waals surface area contributed by atoms with Crippen LogP contribution in [0.5, 0.6) is 0 Å². The number of benzene rings is 3. The Morgan fingerprint density at radius 3 is 2.38 bits per heavy atom. The summed E-state index contributed by atoms with van der Waals surface area (Å²) in [6.45, 7) is 5.33. The Morgan fingerprint density at radius 1 is 0.969 bits per heavy atom. The molecule has 0 bridgehead atoms. The standard InChI is InChI=1S/C23H20FN3O3S2/c1-13-4-8-18(9-5-13)32(29,30)27-23-26-21-15(3)10-17(12-20(21)31-23)25-22(28)16-7-6-14(2)19(24)11-16/h4-12H,1-3H3,(H,25,28)(H,26,27). The molecular weight excluding hydrogens is 449 g/mol. The molecule has 0 radical (unpaired) electrons. The third-order valence-corrected chi connectivity index (χ3v) is 7.33. The topological polar surface area (TPSA) is 88.2 Å². The Hall–Kier alpha value is -3.30. The van der Waals surface area contributed by atoms with Gasteiger partial charge >= 0.3 is 0 Å². The second-order valence-corrected chi connectivity index (χ2v) is 10.2. The van der Waals surface area contributed by atoms with Crippen molar-refractivity contribution in [3.05, 3.63) is 82.7 Å². The molecule has 32 heavy (non-hydrogen) atoms. The number of rotatable bonds is 5. The fourth-order valence-electron chi connectivity index (χ4n) is 3.14. The third kappa shape index (κ3) is 4.49. The highest BCUT2D eigenvalue weighted by Gasteiger charge is 2.18. The first-order valence-electron chi connectivity index (χ1n) is 9.70. The number of hydrogen-bond acceptors (Lipinski definition) is 5. The minimum Gasteiger partial charge on any atom is -0.322 e. The van der Waals surface area contributed by atoms with Crippen LogP contribution in [0.3, 0.4) is 0 Å². The smallest absolute Gasteiger partial charge is 0.263 e. The van der Waals surface area contributed by atoms with Crippen LogP contribution in [0.2, 0.25) is 0 Å². The number of nitrogens with one attached hydrogen (secondary N) is 2. The van der Waals surface area contributed by atoms with E-state index >= 15 is 0 Å². The van der Waals surface area contributed by atoms with Crippen LogP contribution in [0.1, 0.15) is 27.0 Å². The molecule has 0 saturated heterocycles. The molecule has 0 spiro atoms. The molecule has 0 fully saturated rings. The van der Waals surface area contributed by atoms with Crippen molar-refractivity contribution < 1.29 is 17.6 Å². The van der Waals surface area contributed by atoms with Gasteiger partial charge < -0.3 is 5.32 Å². The Bertz CT molecular complexity index is 1450. The van der Waals surface area contributed by atoms with Crippen molar-refractivity contribution in [3.63, 3.8) is 0 Å². The van der Waals surface area contributed by atoms with Gasteiger partial charge in [-0.15, -0.1) is 0 Å². The maximum absolute atomic E-state index is 13.8. The van der Waals surface area contributed by atoms with E-state index in [0.29, 0.717) is 21.5 Å². The van der Waals surface area contributed by atoms with Crippen LogP contribution in [0, 0.1) is 26.6 Å². The molecule has 0 unspecified atom stereocenters. The molecule has 1 amide bonds. The van der Waals surface area contributed by atoms with Gasteiger partial charge in [-0.2, -0.15) is 0 Å². The van der Waals surface area contributed by atoms with Crippen molar-refractivity contribution in [2.45, 2.75) is 25.7 Å². The number of thiazole rings is 1. The second kappa shape index (κ2) is 8.33. The van der Waals surface area contributed by atoms with Crippen LogP contribution in [-0.2, 0) is 10.0 Å². The van der Waals surface area contributed by atoms with E-state index in [4.69, 9.17) is 0 Å². The monoisotopic (exact) mass is 469 g/mol. The van der Waals surface area contributed by atoms with Crippen molar-refractivity contribution in [1.82, 2.24) is 4.98 Å². The fraction of sp³-hybridized carbons (Fsp3) is 0.130. The Balaban J connectivity index is 1.59. The summed E-state index contributed by atoms with van der Waals surface area (Å²) >= 11 is 1.16. The summed E-state index contributed by atoms with van der Waals surface area (Å²) in [5.41, 5.74) is 3.55. The van der Waals surface area contributed by atoms with Gasteiger partial charge in [-0.05, 0) is 68.3 Å². The lowest BCUT2D eigenvalue weighted by Crippen LogP contribution is -2.12. The zero-order valence-corrected chi connectivity index (χ0v) is 19.2. The lowest BCUT2D eigenvalue weighted by Gasteiger charge is -2.07. The molecule has 0 aliphatic carbocycles. The van der Waals surface area contributed by atoms with E-state index in [1.807, 2.05) is 13.8 Å². The van der Waals surface area contributed by atoms with Gasteiger partial charge in [-0.25, -0.2) is 17.8 Å². The number of hydrogen-bond donors (Lipinski definition) is 2. The van der Waals surface area contributed by atoms with Gasteiger partial charge in [0.2, 0.25) is 0 Å². The first-order chi connectivity index (χ1) is 15.1. The molecule has 2 N–H and O–H groups in total. The molecule has 4 rings (SSSR count). The van der Waals surface area contributed by atoms with E-state index < -0.39 is 21.7 Å². The second-order valence-electron chi connectivity index (χ2n) is 7.50. The summed E-state index contributed by atoms with van der Waals surface area (Å²) in [4.78, 5) is 17.1. The lowest BCUT2D eigenvalue weighted by atomic mass is 10.1. The van der Waals surface area contributed by atoms with Crippen LogP contribution in [0.15, 0.2) is 59.5 Å². The average molecular weight is 470 g/mol. The predicted molar refractivity (Wildman–Crippen MR) is 125 cm³/mol. The number of halogens is 1. The minimum absolute atomic E-state index is 0.150. The van der Waals surface area contributed by atoms with Gasteiger partial charge in [-0.3, -0.25) is 9.52 Å². The quantitative estimate of drug-likeness (QED) is 0.409. The van der Waals surface area contributed by atoms with E-state index in [-0.39, 0.29) is 15.6 Å². The van der Waals surface area contributed by atoms with E-state index in [9.17, 15) is 17.6 Å². The van der Waals surface area contributed by atoms with Gasteiger partial charge in [-0.1, -0.05) is 35.1 Å². The summed E-state index contributed by atoms with van der Waals surface area (Å²) in [6, 6.07) is 14.3. The Kier molecular flexibility index (Phi) is 5.70. The average Bonchev–Trinajstić information content (AvgIpc) is 3.12. The van der Waals surface area contributed by atoms with E-state index in [1.165, 1.54) is 18.2 Å². The first-order valence-corrected chi connectivity index (χ1v) is 12.0. The number of aromatic nitrogens is 1. The number of anilines is 2. The summed E-state index contributed by atoms with van der Waals surface area (Å²) in [5, 5.41) is 2.99. The van der Waals surface area contributed by atoms with Gasteiger partial charge in [0.15, 0.2) is 5.13 Å². The largest absolute Gasteiger partial charge is 0.322 e. The number of fused-ring (bicyclic) bond motifs is 1. The number of carbonyl (C=O) groups is 1. The molecule has 6 nitrogen and oxygen atoms in total. The number of aryl methyl sites for hydroxylation is 3. The fourth-order valence-corrected chi connectivity index (χ4v) is 5.36. The summed E-state index contributed by atoms with van der Waals surface area (Å²) in [7, 11) is -3.77. The lowest BCUT2D eigenvalue weighted by molar-refractivity contribution is 0.102. The maximum Gasteiger partial charge on any atom is 0.263 e. The van der Waals surface area contributed by atoms with Crippen LogP contribution < -0.4 is 10.0 Å². The van der Waals surface area contributed by atoms with Crippen LogP contribution in [0.4, 0.5) is 15.2 Å². The zero-order chi connectivity index (χ0) is 23.0. The van der Waals surface area contributed by atoms with Crippen molar-refractivity contribution in [2.75, 3.05) is 10.0 Å². The molecule has 164 valence electrons. The highest BCUT2D eigenvalue weighted by atomic mass is 32.2. The number of sulfonamides is 1. The molecule has 0 saturated carbocycles. The Labute approximate surface area is 189 Å². The molecular formula is C23H20FN3O3S2. The van der Waals surface area contributed by atoms with Gasteiger partial charge in [0, 0.05) is 11.3 Å². The number of carbonyl (C=O) groups excluding carboxylic acids is 1. The summed E-state index contributed by atoms with van der Waals surface area (Å²) < 4.78 is 42.3. The summed E-state index contributed by atoms with van der Waals surface area (Å²) in [6.07, 6.45) is 0. The molecule has 1 heterocycles. The van der Waals surface area contributed by atoms with Crippen molar-refractivity contribution in [1.29, 1.82) is 0 Å².